The molecule has 0 spiro atoms. The van der Waals surface area contributed by atoms with E-state index in [9.17, 15) is 9.59 Å². The average Bonchev–Trinajstić information content (AvgIpc) is 2.96. The summed E-state index contributed by atoms with van der Waals surface area (Å²) >= 11 is 0. The van der Waals surface area contributed by atoms with Crippen molar-refractivity contribution in [2.45, 2.75) is 25.8 Å². The van der Waals surface area contributed by atoms with Crippen molar-refractivity contribution < 1.29 is 14.3 Å². The molecule has 0 heterocycles. The maximum absolute atomic E-state index is 12.6. The Morgan fingerprint density at radius 3 is 2.18 bits per heavy atom. The number of rotatable bonds is 12. The molecule has 0 fully saturated rings. The van der Waals surface area contributed by atoms with E-state index in [1.807, 2.05) is 79.7 Å². The van der Waals surface area contributed by atoms with Gasteiger partial charge in [0, 0.05) is 11.3 Å². The number of para-hydroxylation sites is 2. The molecule has 1 atom stereocenters. The summed E-state index contributed by atoms with van der Waals surface area (Å²) in [4.78, 5) is 25.1. The highest BCUT2D eigenvalue weighted by molar-refractivity contribution is 5.97. The van der Waals surface area contributed by atoms with Crippen LogP contribution in [0.15, 0.2) is 109 Å². The second kappa shape index (κ2) is 13.7. The molecule has 0 saturated carbocycles. The van der Waals surface area contributed by atoms with Crippen LogP contribution < -0.4 is 20.7 Å². The monoisotopic (exact) mass is 507 g/mol. The number of nitrogens with one attached hydrogen (secondary N) is 3. The Balaban J connectivity index is 1.22. The molecule has 4 aromatic carbocycles. The molecule has 0 aliphatic rings. The Labute approximate surface area is 224 Å². The molecule has 0 aliphatic heterocycles. The van der Waals surface area contributed by atoms with Gasteiger partial charge in [-0.1, -0.05) is 72.8 Å². The fourth-order valence-corrected chi connectivity index (χ4v) is 4.03. The normalized spacial score (nSPS) is 11.3. The van der Waals surface area contributed by atoms with Crippen LogP contribution in [-0.2, 0) is 11.2 Å². The van der Waals surface area contributed by atoms with Crippen molar-refractivity contribution in [3.05, 3.63) is 126 Å². The summed E-state index contributed by atoms with van der Waals surface area (Å²) in [5.41, 5.74) is 4.24. The second-order valence-electron chi connectivity index (χ2n) is 9.02. The topological polar surface area (TPSA) is 79.5 Å². The van der Waals surface area contributed by atoms with E-state index >= 15 is 0 Å². The van der Waals surface area contributed by atoms with E-state index in [1.165, 1.54) is 5.56 Å². The third-order valence-electron chi connectivity index (χ3n) is 6.11. The van der Waals surface area contributed by atoms with Gasteiger partial charge in [-0.05, 0) is 67.3 Å². The largest absolute Gasteiger partial charge is 0.491 e. The number of hydrogen-bond acceptors (Lipinski definition) is 4. The molecule has 4 rings (SSSR count). The van der Waals surface area contributed by atoms with Crippen LogP contribution in [0.4, 0.5) is 11.4 Å². The van der Waals surface area contributed by atoms with Crippen LogP contribution >= 0.6 is 0 Å². The van der Waals surface area contributed by atoms with Gasteiger partial charge >= 0.3 is 0 Å². The third-order valence-corrected chi connectivity index (χ3v) is 6.11. The lowest BCUT2D eigenvalue weighted by Crippen LogP contribution is -2.26. The van der Waals surface area contributed by atoms with Crippen LogP contribution in [0.2, 0.25) is 0 Å². The summed E-state index contributed by atoms with van der Waals surface area (Å²) in [7, 11) is 0. The van der Waals surface area contributed by atoms with Gasteiger partial charge in [-0.25, -0.2) is 0 Å². The molecule has 1 unspecified atom stereocenters. The molecule has 0 saturated heterocycles. The van der Waals surface area contributed by atoms with E-state index in [0.29, 0.717) is 23.6 Å². The highest BCUT2D eigenvalue weighted by Crippen LogP contribution is 2.24. The van der Waals surface area contributed by atoms with E-state index in [4.69, 9.17) is 4.74 Å². The predicted octanol–water partition coefficient (Wildman–Crippen LogP) is 6.24. The van der Waals surface area contributed by atoms with Gasteiger partial charge in [-0.15, -0.1) is 0 Å². The minimum absolute atomic E-state index is 0.0845. The van der Waals surface area contributed by atoms with Gasteiger partial charge in [-0.2, -0.15) is 0 Å². The first-order valence-electron chi connectivity index (χ1n) is 12.8. The lowest BCUT2D eigenvalue weighted by molar-refractivity contribution is -0.114. The van der Waals surface area contributed by atoms with Crippen molar-refractivity contribution >= 4 is 23.2 Å². The number of carbonyl (C=O) groups is 2. The number of carbonyl (C=O) groups excluding carboxylic acids is 2. The molecular weight excluding hydrogens is 474 g/mol. The van der Waals surface area contributed by atoms with E-state index in [1.54, 1.807) is 24.3 Å². The van der Waals surface area contributed by atoms with Crippen LogP contribution in [-0.4, -0.2) is 25.0 Å². The summed E-state index contributed by atoms with van der Waals surface area (Å²) < 4.78 is 5.97. The number of aryl methyl sites for hydroxylation is 1. The number of benzene rings is 4. The van der Waals surface area contributed by atoms with Crippen LogP contribution in [0.5, 0.6) is 5.75 Å². The zero-order valence-electron chi connectivity index (χ0n) is 21.5. The Kier molecular flexibility index (Phi) is 9.51. The van der Waals surface area contributed by atoms with Crippen molar-refractivity contribution in [3.8, 4) is 5.75 Å². The molecule has 0 radical (unpaired) electrons. The zero-order valence-corrected chi connectivity index (χ0v) is 21.5. The molecule has 6 nitrogen and oxygen atoms in total. The second-order valence-corrected chi connectivity index (χ2v) is 9.02. The van der Waals surface area contributed by atoms with E-state index in [2.05, 4.69) is 28.1 Å². The first kappa shape index (κ1) is 26.5. The number of ether oxygens (including phenoxy) is 1. The van der Waals surface area contributed by atoms with Gasteiger partial charge in [0.1, 0.15) is 5.75 Å². The maximum Gasteiger partial charge on any atom is 0.251 e. The van der Waals surface area contributed by atoms with Gasteiger partial charge in [0.2, 0.25) is 5.91 Å². The van der Waals surface area contributed by atoms with Gasteiger partial charge in [0.25, 0.3) is 5.91 Å². The SMILES string of the molecule is CC(NC(=O)c1ccc(NC(=O)CNc2ccccc2OCCCc2ccccc2)cc1)c1ccccc1. The van der Waals surface area contributed by atoms with Crippen molar-refractivity contribution in [2.24, 2.45) is 0 Å². The average molecular weight is 508 g/mol. The molecule has 0 bridgehead atoms. The van der Waals surface area contributed by atoms with E-state index in [-0.39, 0.29) is 24.4 Å². The lowest BCUT2D eigenvalue weighted by atomic mass is 10.1. The first-order chi connectivity index (χ1) is 18.6. The molecule has 0 aromatic heterocycles. The quantitative estimate of drug-likeness (QED) is 0.198. The Hall–Kier alpha value is -4.58. The van der Waals surface area contributed by atoms with E-state index < -0.39 is 0 Å². The summed E-state index contributed by atoms with van der Waals surface area (Å²) in [6, 6.07) is 34.5. The van der Waals surface area contributed by atoms with Crippen molar-refractivity contribution in [3.63, 3.8) is 0 Å². The number of amides is 2. The fourth-order valence-electron chi connectivity index (χ4n) is 4.03. The minimum atomic E-state index is -0.196. The van der Waals surface area contributed by atoms with Gasteiger partial charge in [0.05, 0.1) is 24.9 Å². The smallest absolute Gasteiger partial charge is 0.251 e. The van der Waals surface area contributed by atoms with Crippen LogP contribution in [0.3, 0.4) is 0 Å². The highest BCUT2D eigenvalue weighted by Gasteiger charge is 2.12. The fraction of sp³-hybridized carbons (Fsp3) is 0.188. The van der Waals surface area contributed by atoms with Crippen molar-refractivity contribution in [1.82, 2.24) is 5.32 Å². The van der Waals surface area contributed by atoms with Gasteiger partial charge in [0.15, 0.2) is 0 Å². The summed E-state index contributed by atoms with van der Waals surface area (Å²) in [6.45, 7) is 2.62. The van der Waals surface area contributed by atoms with Crippen LogP contribution in [0, 0.1) is 0 Å². The Morgan fingerprint density at radius 2 is 1.45 bits per heavy atom. The minimum Gasteiger partial charge on any atom is -0.491 e. The standard InChI is InChI=1S/C32H33N3O3/c1-24(26-14-6-3-7-15-26)34-32(37)27-18-20-28(21-19-27)35-31(36)23-33-29-16-8-9-17-30(29)38-22-10-13-25-11-4-2-5-12-25/h2-9,11-12,14-21,24,33H,10,13,22-23H2,1H3,(H,34,37)(H,35,36). The molecule has 3 N–H and O–H groups in total. The predicted molar refractivity (Wildman–Crippen MR) is 153 cm³/mol. The lowest BCUT2D eigenvalue weighted by Gasteiger charge is -2.15. The number of anilines is 2. The molecule has 0 aliphatic carbocycles. The molecule has 4 aromatic rings. The number of hydrogen-bond donors (Lipinski definition) is 3. The van der Waals surface area contributed by atoms with Gasteiger partial charge in [-0.3, -0.25) is 9.59 Å². The highest BCUT2D eigenvalue weighted by atomic mass is 16.5. The Bertz CT molecular complexity index is 1310. The zero-order chi connectivity index (χ0) is 26.6. The van der Waals surface area contributed by atoms with Crippen molar-refractivity contribution in [1.29, 1.82) is 0 Å². The van der Waals surface area contributed by atoms with Crippen LogP contribution in [0.25, 0.3) is 0 Å². The molecular formula is C32H33N3O3. The Morgan fingerprint density at radius 1 is 0.789 bits per heavy atom. The molecule has 38 heavy (non-hydrogen) atoms. The first-order valence-corrected chi connectivity index (χ1v) is 12.8. The maximum atomic E-state index is 12.6. The molecule has 2 amide bonds. The van der Waals surface area contributed by atoms with E-state index in [0.717, 1.165) is 24.1 Å². The summed E-state index contributed by atoms with van der Waals surface area (Å²) in [5, 5.41) is 9.01. The van der Waals surface area contributed by atoms with Crippen LogP contribution in [0.1, 0.15) is 40.9 Å². The molecule has 194 valence electrons. The third kappa shape index (κ3) is 7.96. The summed E-state index contributed by atoms with van der Waals surface area (Å²) in [5.74, 6) is 0.355. The molecule has 6 heteroatoms. The van der Waals surface area contributed by atoms with Gasteiger partial charge < -0.3 is 20.7 Å². The van der Waals surface area contributed by atoms with Crippen molar-refractivity contribution in [2.75, 3.05) is 23.8 Å². The summed E-state index contributed by atoms with van der Waals surface area (Å²) in [6.07, 6.45) is 1.85.